The summed E-state index contributed by atoms with van der Waals surface area (Å²) in [6.45, 7) is 13.7. The van der Waals surface area contributed by atoms with Gasteiger partial charge in [-0.3, -0.25) is 9.59 Å². The Kier molecular flexibility index (Phi) is 10.5. The Morgan fingerprint density at radius 3 is 2.41 bits per heavy atom. The molecule has 2 amide bonds. The van der Waals surface area contributed by atoms with Crippen LogP contribution in [0.25, 0.3) is 10.4 Å². The Balaban J connectivity index is 0.00000408. The normalized spacial score (nSPS) is 17.9. The fraction of sp³-hybridized carbons (Fsp3) is 0.615. The van der Waals surface area contributed by atoms with Crippen LogP contribution < -0.4 is 10.6 Å². The van der Waals surface area contributed by atoms with Gasteiger partial charge in [-0.1, -0.05) is 63.5 Å². The van der Waals surface area contributed by atoms with E-state index in [2.05, 4.69) is 87.4 Å². The first kappa shape index (κ1) is 29.2. The fourth-order valence-electron chi connectivity index (χ4n) is 4.28. The van der Waals surface area contributed by atoms with Crippen molar-refractivity contribution >= 4 is 23.3 Å². The Bertz CT molecular complexity index is 972. The van der Waals surface area contributed by atoms with Crippen LogP contribution in [-0.2, 0) is 23.2 Å². The van der Waals surface area contributed by atoms with Crippen molar-refractivity contribution in [3.63, 3.8) is 0 Å². The largest absolute Gasteiger partial charge is 0.350 e. The number of amides is 2. The van der Waals surface area contributed by atoms with Gasteiger partial charge < -0.3 is 19.5 Å². The monoisotopic (exact) mass is 714 g/mol. The summed E-state index contributed by atoms with van der Waals surface area (Å²) in [7, 11) is 2.06. The first-order valence-corrected chi connectivity index (χ1v) is 12.9. The van der Waals surface area contributed by atoms with E-state index in [9.17, 15) is 9.59 Å². The molecule has 2 N–H and O–H groups in total. The Morgan fingerprint density at radius 1 is 1.24 bits per heavy atom. The Morgan fingerprint density at radius 2 is 1.88 bits per heavy atom. The second-order valence-corrected chi connectivity index (χ2v) is 11.5. The molecule has 1 aromatic heterocycles. The number of nitrogens with zero attached hydrogens (tertiary/aromatic N) is 2. The third kappa shape index (κ3) is 6.78. The van der Waals surface area contributed by atoms with E-state index in [1.54, 1.807) is 16.4 Å². The zero-order valence-corrected chi connectivity index (χ0v) is 26.7. The van der Waals surface area contributed by atoms with Gasteiger partial charge in [-0.2, -0.15) is 0 Å². The molecule has 0 aliphatic carbocycles. The van der Waals surface area contributed by atoms with E-state index in [4.69, 9.17) is 0 Å². The summed E-state index contributed by atoms with van der Waals surface area (Å²) in [6.07, 6.45) is 2.53. The molecule has 3 rings (SSSR count). The molecule has 0 radical (unpaired) electrons. The van der Waals surface area contributed by atoms with Crippen LogP contribution >= 0.6 is 11.5 Å². The predicted molar refractivity (Wildman–Crippen MR) is 140 cm³/mol. The molecule has 1 saturated heterocycles. The molecular formula is C26H44N4O2SU. The van der Waals surface area contributed by atoms with E-state index < -0.39 is 6.04 Å². The first-order chi connectivity index (χ1) is 15.5. The molecule has 190 valence electrons. The average Bonchev–Trinajstić information content (AvgIpc) is 3.28. The van der Waals surface area contributed by atoms with Crippen LogP contribution in [0.4, 0.5) is 0 Å². The topological polar surface area (TPSA) is 66.4 Å². The summed E-state index contributed by atoms with van der Waals surface area (Å²) >= 11 is 1.74. The standard InChI is InChI=1S/C26H40N4O2S.U.2H2/c1-8-17(2)28-23(26(4,5)6)25(32)30-15-9-10-21(30)24(31)27-16-19-11-13-20(14-12-19)22-18(3)29(7)33-22;;;/h11-14,17,21,23,28H,8-10,15-16H2,1-7H3,(H,27,31);;2*1H/t17?,21-,23+;;;/m0.../s1. The summed E-state index contributed by atoms with van der Waals surface area (Å²) in [4.78, 5) is 29.6. The minimum absolute atomic E-state index is 0. The number of aromatic nitrogens is 1. The third-order valence-corrected chi connectivity index (χ3v) is 7.99. The number of aryl methyl sites for hydroxylation is 1. The maximum Gasteiger partial charge on any atom is 0.243 e. The molecule has 3 atom stereocenters. The second kappa shape index (κ2) is 12.3. The van der Waals surface area contributed by atoms with Crippen LogP contribution in [0.5, 0.6) is 0 Å². The third-order valence-electron chi connectivity index (χ3n) is 6.73. The van der Waals surface area contributed by atoms with Crippen LogP contribution in [0.3, 0.4) is 0 Å². The van der Waals surface area contributed by atoms with Gasteiger partial charge in [0.05, 0.1) is 10.9 Å². The summed E-state index contributed by atoms with van der Waals surface area (Å²) in [6, 6.07) is 7.90. The van der Waals surface area contributed by atoms with Crippen molar-refractivity contribution < 1.29 is 43.6 Å². The van der Waals surface area contributed by atoms with Gasteiger partial charge in [0, 0.05) is 65.8 Å². The SMILES string of the molecule is CCC(C)N[C@H](C(=O)N1CCC[C@H]1C(=O)NCc1ccc(-c2sn(C)c2C)cc1)C(C)(C)C.[HH].[HH].[U]. The molecule has 1 fully saturated rings. The van der Waals surface area contributed by atoms with E-state index in [-0.39, 0.29) is 63.3 Å². The van der Waals surface area contributed by atoms with Crippen LogP contribution in [0, 0.1) is 43.5 Å². The molecule has 6 nitrogen and oxygen atoms in total. The summed E-state index contributed by atoms with van der Waals surface area (Å²) in [5.41, 5.74) is 3.32. The van der Waals surface area contributed by atoms with Crippen molar-refractivity contribution in [2.45, 2.75) is 85.5 Å². The molecule has 34 heavy (non-hydrogen) atoms. The van der Waals surface area contributed by atoms with Crippen molar-refractivity contribution in [1.29, 1.82) is 0 Å². The van der Waals surface area contributed by atoms with Gasteiger partial charge in [-0.15, -0.1) is 0 Å². The number of nitrogens with one attached hydrogen (secondary N) is 2. The minimum atomic E-state index is -0.393. The Hall–Kier alpha value is -1.07. The first-order valence-electron chi connectivity index (χ1n) is 12.1. The molecule has 1 unspecified atom stereocenters. The molecule has 2 heterocycles. The maximum absolute atomic E-state index is 13.5. The molecular weight excluding hydrogens is 670 g/mol. The second-order valence-electron chi connectivity index (χ2n) is 10.4. The Labute approximate surface area is 235 Å². The van der Waals surface area contributed by atoms with Gasteiger partial charge >= 0.3 is 0 Å². The molecule has 0 saturated carbocycles. The van der Waals surface area contributed by atoms with Gasteiger partial charge in [0.25, 0.3) is 0 Å². The number of benzene rings is 1. The van der Waals surface area contributed by atoms with E-state index in [0.29, 0.717) is 13.1 Å². The number of hydrogen-bond acceptors (Lipinski definition) is 4. The van der Waals surface area contributed by atoms with Crippen LogP contribution in [-0.4, -0.2) is 45.3 Å². The quantitative estimate of drug-likeness (QED) is 0.407. The summed E-state index contributed by atoms with van der Waals surface area (Å²) in [5, 5.41) is 6.57. The molecule has 2 aromatic rings. The van der Waals surface area contributed by atoms with Crippen LogP contribution in [0.2, 0.25) is 0 Å². The van der Waals surface area contributed by atoms with Gasteiger partial charge in [0.15, 0.2) is 0 Å². The van der Waals surface area contributed by atoms with Gasteiger partial charge in [-0.05, 0) is 49.7 Å². The predicted octanol–water partition coefficient (Wildman–Crippen LogP) is 4.96. The molecule has 1 aromatic carbocycles. The minimum Gasteiger partial charge on any atom is -0.350 e. The smallest absolute Gasteiger partial charge is 0.243 e. The summed E-state index contributed by atoms with van der Waals surface area (Å²) in [5.74, 6) is -0.0211. The van der Waals surface area contributed by atoms with Crippen molar-refractivity contribution in [1.82, 2.24) is 19.5 Å². The van der Waals surface area contributed by atoms with Crippen molar-refractivity contribution in [3.8, 4) is 10.4 Å². The number of rotatable bonds is 8. The van der Waals surface area contributed by atoms with E-state index >= 15 is 0 Å². The van der Waals surface area contributed by atoms with Crippen LogP contribution in [0.1, 0.15) is 68.0 Å². The van der Waals surface area contributed by atoms with E-state index in [1.165, 1.54) is 16.1 Å². The number of hydrogen-bond donors (Lipinski definition) is 2. The fourth-order valence-corrected chi connectivity index (χ4v) is 5.16. The van der Waals surface area contributed by atoms with Gasteiger partial charge in [-0.25, -0.2) is 0 Å². The number of carbonyl (C=O) groups excluding carboxylic acids is 2. The van der Waals surface area contributed by atoms with Gasteiger partial charge in [0.2, 0.25) is 11.8 Å². The molecule has 0 spiro atoms. The zero-order valence-electron chi connectivity index (χ0n) is 21.7. The maximum atomic E-state index is 13.5. The number of carbonyl (C=O) groups is 2. The molecule has 1 aliphatic heterocycles. The van der Waals surface area contributed by atoms with Crippen molar-refractivity contribution in [3.05, 3.63) is 35.5 Å². The molecule has 0 bridgehead atoms. The van der Waals surface area contributed by atoms with Crippen LogP contribution in [0.15, 0.2) is 24.3 Å². The molecule has 8 heteroatoms. The zero-order chi connectivity index (χ0) is 24.3. The molecule has 1 aliphatic rings. The van der Waals surface area contributed by atoms with E-state index in [1.807, 2.05) is 0 Å². The van der Waals surface area contributed by atoms with Crippen molar-refractivity contribution in [2.24, 2.45) is 12.5 Å². The number of likely N-dealkylation sites (tertiary alicyclic amines) is 1. The van der Waals surface area contributed by atoms with E-state index in [0.717, 1.165) is 24.8 Å². The van der Waals surface area contributed by atoms with Crippen molar-refractivity contribution in [2.75, 3.05) is 6.54 Å². The summed E-state index contributed by atoms with van der Waals surface area (Å²) < 4.78 is 2.15. The van der Waals surface area contributed by atoms with Gasteiger partial charge in [0.1, 0.15) is 6.04 Å². The average molecular weight is 715 g/mol.